The van der Waals surface area contributed by atoms with E-state index < -0.39 is 0 Å². The molecule has 0 aliphatic heterocycles. The molecule has 1 heterocycles. The van der Waals surface area contributed by atoms with Crippen molar-refractivity contribution in [2.75, 3.05) is 5.32 Å². The van der Waals surface area contributed by atoms with Crippen molar-refractivity contribution in [3.8, 4) is 0 Å². The summed E-state index contributed by atoms with van der Waals surface area (Å²) in [4.78, 5) is 4.45. The molecule has 19 heavy (non-hydrogen) atoms. The van der Waals surface area contributed by atoms with Crippen molar-refractivity contribution in [3.63, 3.8) is 0 Å². The minimum Gasteiger partial charge on any atom is -0.377 e. The predicted molar refractivity (Wildman–Crippen MR) is 84.9 cm³/mol. The van der Waals surface area contributed by atoms with Crippen LogP contribution in [0.25, 0.3) is 0 Å². The molecular weight excluding hydrogens is 324 g/mol. The number of pyridine rings is 1. The van der Waals surface area contributed by atoms with Crippen LogP contribution in [0.2, 0.25) is 5.02 Å². The first-order valence-electron chi connectivity index (χ1n) is 6.13. The van der Waals surface area contributed by atoms with Crippen LogP contribution < -0.4 is 5.32 Å². The third-order valence-corrected chi connectivity index (χ3v) is 3.85. The summed E-state index contributed by atoms with van der Waals surface area (Å²) in [6, 6.07) is 10.1. The zero-order valence-electron chi connectivity index (χ0n) is 11.2. The molecule has 1 N–H and O–H groups in total. The van der Waals surface area contributed by atoms with E-state index in [0.717, 1.165) is 32.1 Å². The summed E-state index contributed by atoms with van der Waals surface area (Å²) in [6.45, 7) is 6.09. The van der Waals surface area contributed by atoms with Gasteiger partial charge in [-0.25, -0.2) is 0 Å². The first-order chi connectivity index (χ1) is 8.97. The first-order valence-corrected chi connectivity index (χ1v) is 7.30. The van der Waals surface area contributed by atoms with Crippen molar-refractivity contribution >= 4 is 33.2 Å². The smallest absolute Gasteiger partial charge is 0.0607 e. The second-order valence-corrected chi connectivity index (χ2v) is 5.94. The quantitative estimate of drug-likeness (QED) is 0.822. The molecule has 0 amide bonds. The van der Waals surface area contributed by atoms with Crippen LogP contribution in [-0.4, -0.2) is 4.98 Å². The summed E-state index contributed by atoms with van der Waals surface area (Å²) >= 11 is 9.69. The Bertz CT molecular complexity index is 599. The summed E-state index contributed by atoms with van der Waals surface area (Å²) in [5, 5.41) is 4.21. The number of nitrogens with one attached hydrogen (secondary N) is 1. The topological polar surface area (TPSA) is 24.9 Å². The summed E-state index contributed by atoms with van der Waals surface area (Å²) in [5.74, 6) is 0. The van der Waals surface area contributed by atoms with Gasteiger partial charge in [-0.15, -0.1) is 0 Å². The number of halogens is 2. The Morgan fingerprint density at radius 1 is 1.21 bits per heavy atom. The number of benzene rings is 1. The van der Waals surface area contributed by atoms with E-state index in [1.165, 1.54) is 0 Å². The van der Waals surface area contributed by atoms with Crippen molar-refractivity contribution in [2.45, 2.75) is 26.8 Å². The third-order valence-electron chi connectivity index (χ3n) is 3.03. The first kappa shape index (κ1) is 14.4. The lowest BCUT2D eigenvalue weighted by atomic mass is 10.1. The minimum atomic E-state index is 0.129. The van der Waals surface area contributed by atoms with E-state index in [-0.39, 0.29) is 6.04 Å². The Kier molecular flexibility index (Phi) is 4.48. The summed E-state index contributed by atoms with van der Waals surface area (Å²) < 4.78 is 0.988. The lowest BCUT2D eigenvalue weighted by Crippen LogP contribution is -2.09. The number of aryl methyl sites for hydroxylation is 2. The third kappa shape index (κ3) is 3.48. The SMILES string of the molecule is Cc1ccc(NC(C)c2ccc(Br)cc2Cl)c(C)n1. The van der Waals surface area contributed by atoms with Crippen LogP contribution in [0.4, 0.5) is 5.69 Å². The van der Waals surface area contributed by atoms with Gasteiger partial charge in [0.1, 0.15) is 0 Å². The normalized spacial score (nSPS) is 12.3. The second kappa shape index (κ2) is 5.93. The molecule has 0 spiro atoms. The number of hydrogen-bond acceptors (Lipinski definition) is 2. The van der Waals surface area contributed by atoms with Gasteiger partial charge < -0.3 is 5.32 Å². The van der Waals surface area contributed by atoms with Gasteiger partial charge in [-0.05, 0) is 50.6 Å². The van der Waals surface area contributed by atoms with E-state index in [0.29, 0.717) is 0 Å². The van der Waals surface area contributed by atoms with Crippen LogP contribution in [0.1, 0.15) is 29.9 Å². The summed E-state index contributed by atoms with van der Waals surface area (Å²) in [7, 11) is 0. The molecule has 0 radical (unpaired) electrons. The van der Waals surface area contributed by atoms with Gasteiger partial charge in [0.2, 0.25) is 0 Å². The molecule has 2 aromatic rings. The molecule has 1 unspecified atom stereocenters. The molecule has 4 heteroatoms. The van der Waals surface area contributed by atoms with E-state index in [4.69, 9.17) is 11.6 Å². The van der Waals surface area contributed by atoms with Crippen molar-refractivity contribution < 1.29 is 0 Å². The molecule has 0 bridgehead atoms. The zero-order chi connectivity index (χ0) is 14.0. The highest BCUT2D eigenvalue weighted by molar-refractivity contribution is 9.10. The molecule has 0 aliphatic rings. The van der Waals surface area contributed by atoms with E-state index >= 15 is 0 Å². The molecule has 0 fully saturated rings. The fourth-order valence-electron chi connectivity index (χ4n) is 2.00. The summed E-state index contributed by atoms with van der Waals surface area (Å²) in [5.41, 5.74) is 4.14. The van der Waals surface area contributed by atoms with Gasteiger partial charge in [0.05, 0.1) is 17.4 Å². The Morgan fingerprint density at radius 2 is 1.95 bits per heavy atom. The maximum absolute atomic E-state index is 6.27. The zero-order valence-corrected chi connectivity index (χ0v) is 13.5. The highest BCUT2D eigenvalue weighted by atomic mass is 79.9. The van der Waals surface area contributed by atoms with Crippen LogP contribution in [0.5, 0.6) is 0 Å². The number of hydrogen-bond donors (Lipinski definition) is 1. The van der Waals surface area contributed by atoms with Crippen molar-refractivity contribution in [1.29, 1.82) is 0 Å². The van der Waals surface area contributed by atoms with Crippen LogP contribution >= 0.6 is 27.5 Å². The number of rotatable bonds is 3. The van der Waals surface area contributed by atoms with Gasteiger partial charge in [-0.2, -0.15) is 0 Å². The largest absolute Gasteiger partial charge is 0.377 e. The van der Waals surface area contributed by atoms with Gasteiger partial charge in [0.15, 0.2) is 0 Å². The predicted octanol–water partition coefficient (Wildman–Crippen LogP) is 5.29. The molecule has 1 atom stereocenters. The van der Waals surface area contributed by atoms with Gasteiger partial charge in [-0.3, -0.25) is 4.98 Å². The number of aromatic nitrogens is 1. The Labute approximate surface area is 127 Å². The standard InChI is InChI=1S/C15H16BrClN2/c1-9-4-7-15(11(3)18-9)19-10(2)13-6-5-12(16)8-14(13)17/h4-8,10,19H,1-3H3. The molecule has 0 saturated heterocycles. The van der Waals surface area contributed by atoms with Gasteiger partial charge in [0, 0.05) is 15.2 Å². The van der Waals surface area contributed by atoms with Gasteiger partial charge in [-0.1, -0.05) is 33.6 Å². The molecule has 2 rings (SSSR count). The molecule has 2 nitrogen and oxygen atoms in total. The fraction of sp³-hybridized carbons (Fsp3) is 0.267. The fourth-order valence-corrected chi connectivity index (χ4v) is 2.84. The highest BCUT2D eigenvalue weighted by Gasteiger charge is 2.11. The second-order valence-electron chi connectivity index (χ2n) is 4.62. The van der Waals surface area contributed by atoms with Crippen LogP contribution in [0, 0.1) is 13.8 Å². The van der Waals surface area contributed by atoms with E-state index in [2.05, 4.69) is 39.2 Å². The van der Waals surface area contributed by atoms with E-state index in [1.807, 2.05) is 38.1 Å². The van der Waals surface area contributed by atoms with Gasteiger partial charge >= 0.3 is 0 Å². The monoisotopic (exact) mass is 338 g/mol. The number of anilines is 1. The van der Waals surface area contributed by atoms with Crippen LogP contribution in [0.3, 0.4) is 0 Å². The van der Waals surface area contributed by atoms with Crippen molar-refractivity contribution in [3.05, 3.63) is 56.8 Å². The lowest BCUT2D eigenvalue weighted by Gasteiger charge is -2.18. The van der Waals surface area contributed by atoms with E-state index in [9.17, 15) is 0 Å². The molecule has 1 aromatic heterocycles. The molecule has 100 valence electrons. The lowest BCUT2D eigenvalue weighted by molar-refractivity contribution is 0.878. The minimum absolute atomic E-state index is 0.129. The molecule has 0 aliphatic carbocycles. The maximum atomic E-state index is 6.27. The van der Waals surface area contributed by atoms with Crippen LogP contribution in [0.15, 0.2) is 34.8 Å². The average molecular weight is 340 g/mol. The van der Waals surface area contributed by atoms with Crippen molar-refractivity contribution in [2.24, 2.45) is 0 Å². The van der Waals surface area contributed by atoms with E-state index in [1.54, 1.807) is 0 Å². The Morgan fingerprint density at radius 3 is 2.58 bits per heavy atom. The average Bonchev–Trinajstić information content (AvgIpc) is 2.32. The molecule has 1 aromatic carbocycles. The Balaban J connectivity index is 2.23. The van der Waals surface area contributed by atoms with Crippen molar-refractivity contribution in [1.82, 2.24) is 4.98 Å². The summed E-state index contributed by atoms with van der Waals surface area (Å²) in [6.07, 6.45) is 0. The maximum Gasteiger partial charge on any atom is 0.0607 e. The molecule has 0 saturated carbocycles. The highest BCUT2D eigenvalue weighted by Crippen LogP contribution is 2.29. The number of nitrogens with zero attached hydrogens (tertiary/aromatic N) is 1. The van der Waals surface area contributed by atoms with Gasteiger partial charge in [0.25, 0.3) is 0 Å². The Hall–Kier alpha value is -1.06. The molecular formula is C15H16BrClN2. The van der Waals surface area contributed by atoms with Crippen LogP contribution in [-0.2, 0) is 0 Å².